The summed E-state index contributed by atoms with van der Waals surface area (Å²) >= 11 is 0. The highest BCUT2D eigenvalue weighted by Crippen LogP contribution is 2.14. The molecular formula is C18H22FIN6O. The van der Waals surface area contributed by atoms with Crippen molar-refractivity contribution in [2.45, 2.75) is 13.0 Å². The third-order valence-electron chi connectivity index (χ3n) is 3.82. The van der Waals surface area contributed by atoms with Crippen molar-refractivity contribution < 1.29 is 8.81 Å². The Morgan fingerprint density at radius 2 is 2.07 bits per heavy atom. The minimum absolute atomic E-state index is 0. The first-order valence-electron chi connectivity index (χ1n) is 8.27. The number of halogens is 2. The lowest BCUT2D eigenvalue weighted by Crippen LogP contribution is -2.39. The lowest BCUT2D eigenvalue weighted by Gasteiger charge is -2.22. The van der Waals surface area contributed by atoms with Crippen LogP contribution in [-0.2, 0) is 13.0 Å². The number of hydrogen-bond donors (Lipinski definition) is 2. The van der Waals surface area contributed by atoms with E-state index < -0.39 is 0 Å². The van der Waals surface area contributed by atoms with Gasteiger partial charge in [0.25, 0.3) is 0 Å². The van der Waals surface area contributed by atoms with Gasteiger partial charge >= 0.3 is 0 Å². The van der Waals surface area contributed by atoms with Crippen LogP contribution in [0.15, 0.2) is 52.1 Å². The summed E-state index contributed by atoms with van der Waals surface area (Å²) in [5.74, 6) is 2.46. The Morgan fingerprint density at radius 1 is 1.30 bits per heavy atom. The molecule has 3 rings (SSSR count). The number of aromatic amines is 1. The van der Waals surface area contributed by atoms with E-state index in [9.17, 15) is 4.39 Å². The number of furan rings is 1. The number of nitrogens with zero attached hydrogens (tertiary/aromatic N) is 4. The molecule has 0 fully saturated rings. The monoisotopic (exact) mass is 484 g/mol. The number of benzene rings is 1. The van der Waals surface area contributed by atoms with Crippen LogP contribution in [0.2, 0.25) is 0 Å². The van der Waals surface area contributed by atoms with Crippen LogP contribution in [-0.4, -0.2) is 46.7 Å². The number of guanidine groups is 1. The first-order chi connectivity index (χ1) is 12.7. The molecule has 0 radical (unpaired) electrons. The maximum atomic E-state index is 13.0. The van der Waals surface area contributed by atoms with Crippen LogP contribution in [0.25, 0.3) is 11.6 Å². The van der Waals surface area contributed by atoms with Crippen LogP contribution in [0.4, 0.5) is 4.39 Å². The van der Waals surface area contributed by atoms with Crippen LogP contribution in [0.1, 0.15) is 11.4 Å². The fraction of sp³-hybridized carbons (Fsp3) is 0.278. The lowest BCUT2D eigenvalue weighted by atomic mass is 10.2. The summed E-state index contributed by atoms with van der Waals surface area (Å²) in [7, 11) is 3.66. The predicted molar refractivity (Wildman–Crippen MR) is 112 cm³/mol. The molecule has 0 amide bonds. The molecule has 144 valence electrons. The number of aromatic nitrogens is 3. The van der Waals surface area contributed by atoms with Gasteiger partial charge < -0.3 is 14.6 Å². The fourth-order valence-electron chi connectivity index (χ4n) is 2.54. The second-order valence-corrected chi connectivity index (χ2v) is 5.79. The smallest absolute Gasteiger partial charge is 0.216 e. The first-order valence-corrected chi connectivity index (χ1v) is 8.27. The summed E-state index contributed by atoms with van der Waals surface area (Å²) in [5, 5.41) is 10.3. The van der Waals surface area contributed by atoms with Gasteiger partial charge in [0.1, 0.15) is 11.6 Å². The zero-order valence-corrected chi connectivity index (χ0v) is 17.5. The van der Waals surface area contributed by atoms with E-state index in [1.54, 1.807) is 31.5 Å². The van der Waals surface area contributed by atoms with Crippen molar-refractivity contribution in [3.05, 3.63) is 59.9 Å². The topological polar surface area (TPSA) is 82.3 Å². The molecule has 0 saturated carbocycles. The van der Waals surface area contributed by atoms with Gasteiger partial charge in [-0.2, -0.15) is 5.10 Å². The van der Waals surface area contributed by atoms with Gasteiger partial charge in [-0.1, -0.05) is 12.1 Å². The molecule has 9 heteroatoms. The Hall–Kier alpha value is -2.43. The highest BCUT2D eigenvalue weighted by molar-refractivity contribution is 14.0. The van der Waals surface area contributed by atoms with Crippen molar-refractivity contribution in [1.29, 1.82) is 0 Å². The summed E-state index contributed by atoms with van der Waals surface area (Å²) < 4.78 is 18.3. The summed E-state index contributed by atoms with van der Waals surface area (Å²) in [6.07, 6.45) is 2.25. The van der Waals surface area contributed by atoms with Crippen LogP contribution >= 0.6 is 24.0 Å². The third kappa shape index (κ3) is 5.78. The Morgan fingerprint density at radius 3 is 2.74 bits per heavy atom. The number of rotatable bonds is 6. The van der Waals surface area contributed by atoms with Crippen molar-refractivity contribution in [3.63, 3.8) is 0 Å². The number of H-pyrrole nitrogens is 1. The van der Waals surface area contributed by atoms with Crippen LogP contribution < -0.4 is 5.32 Å². The number of aliphatic imine (C=N–C) groups is 1. The van der Waals surface area contributed by atoms with E-state index in [0.717, 1.165) is 17.3 Å². The summed E-state index contributed by atoms with van der Waals surface area (Å²) in [5.41, 5.74) is 1.01. The SMILES string of the molecule is CN=C(NCCc1nc(-c2ccco2)n[nH]1)N(C)Cc1ccc(F)cc1.I. The Bertz CT molecular complexity index is 847. The van der Waals surface area contributed by atoms with Crippen LogP contribution in [0, 0.1) is 5.82 Å². The molecule has 0 bridgehead atoms. The van der Waals surface area contributed by atoms with Crippen LogP contribution in [0.5, 0.6) is 0 Å². The quantitative estimate of drug-likeness (QED) is 0.320. The van der Waals surface area contributed by atoms with E-state index in [0.29, 0.717) is 31.1 Å². The second-order valence-electron chi connectivity index (χ2n) is 5.79. The summed E-state index contributed by atoms with van der Waals surface area (Å²) in [4.78, 5) is 10.7. The van der Waals surface area contributed by atoms with Gasteiger partial charge in [-0.3, -0.25) is 10.1 Å². The van der Waals surface area contributed by atoms with E-state index in [1.807, 2.05) is 18.0 Å². The van der Waals surface area contributed by atoms with Crippen molar-refractivity contribution >= 4 is 29.9 Å². The first kappa shape index (κ1) is 20.9. The molecule has 0 unspecified atom stereocenters. The standard InChI is InChI=1S/C18H21FN6O.HI/c1-20-18(25(2)12-13-5-7-14(19)8-6-13)21-10-9-16-22-17(24-23-16)15-4-3-11-26-15;/h3-8,11H,9-10,12H2,1-2H3,(H,20,21)(H,22,23,24);1H. The zero-order valence-electron chi connectivity index (χ0n) is 15.1. The van der Waals surface area contributed by atoms with Gasteiger partial charge in [0.2, 0.25) is 5.82 Å². The van der Waals surface area contributed by atoms with Gasteiger partial charge in [-0.25, -0.2) is 9.37 Å². The molecule has 0 aliphatic carbocycles. The molecule has 0 atom stereocenters. The van der Waals surface area contributed by atoms with Gasteiger partial charge in [-0.15, -0.1) is 24.0 Å². The van der Waals surface area contributed by atoms with Gasteiger partial charge in [-0.05, 0) is 29.8 Å². The molecule has 2 aromatic heterocycles. The average molecular weight is 484 g/mol. The average Bonchev–Trinajstić information content (AvgIpc) is 3.32. The Kier molecular flexibility index (Phi) is 7.77. The highest BCUT2D eigenvalue weighted by atomic mass is 127. The van der Waals surface area contributed by atoms with Crippen LogP contribution in [0.3, 0.4) is 0 Å². The predicted octanol–water partition coefficient (Wildman–Crippen LogP) is 3.07. The van der Waals surface area contributed by atoms with E-state index >= 15 is 0 Å². The van der Waals surface area contributed by atoms with E-state index in [2.05, 4.69) is 25.5 Å². The summed E-state index contributed by atoms with van der Waals surface area (Å²) in [6.45, 7) is 1.28. The summed E-state index contributed by atoms with van der Waals surface area (Å²) in [6, 6.07) is 10.1. The van der Waals surface area contributed by atoms with E-state index in [-0.39, 0.29) is 29.8 Å². The Labute approximate surface area is 174 Å². The highest BCUT2D eigenvalue weighted by Gasteiger charge is 2.10. The van der Waals surface area contributed by atoms with Gasteiger partial charge in [0, 0.05) is 33.6 Å². The molecule has 3 aromatic rings. The normalized spacial score (nSPS) is 11.1. The molecule has 0 spiro atoms. The molecule has 7 nitrogen and oxygen atoms in total. The molecular weight excluding hydrogens is 462 g/mol. The minimum atomic E-state index is -0.236. The molecule has 1 aromatic carbocycles. The second kappa shape index (κ2) is 10.0. The van der Waals surface area contributed by atoms with Crippen molar-refractivity contribution in [2.24, 2.45) is 4.99 Å². The van der Waals surface area contributed by atoms with Gasteiger partial charge in [0.15, 0.2) is 11.7 Å². The largest absolute Gasteiger partial charge is 0.461 e. The lowest BCUT2D eigenvalue weighted by molar-refractivity contribution is 0.476. The molecule has 0 aliphatic heterocycles. The molecule has 27 heavy (non-hydrogen) atoms. The minimum Gasteiger partial charge on any atom is -0.461 e. The maximum Gasteiger partial charge on any atom is 0.216 e. The van der Waals surface area contributed by atoms with E-state index in [1.165, 1.54) is 12.1 Å². The third-order valence-corrected chi connectivity index (χ3v) is 3.82. The maximum absolute atomic E-state index is 13.0. The van der Waals surface area contributed by atoms with Gasteiger partial charge in [0.05, 0.1) is 6.26 Å². The molecule has 2 N–H and O–H groups in total. The molecule has 0 saturated heterocycles. The Balaban J connectivity index is 0.00000261. The van der Waals surface area contributed by atoms with E-state index in [4.69, 9.17) is 4.42 Å². The fourth-order valence-corrected chi connectivity index (χ4v) is 2.54. The molecule has 0 aliphatic rings. The van der Waals surface area contributed by atoms with Crippen molar-refractivity contribution in [3.8, 4) is 11.6 Å². The number of nitrogens with one attached hydrogen (secondary N) is 2. The molecule has 2 heterocycles. The number of hydrogen-bond acceptors (Lipinski definition) is 4. The zero-order chi connectivity index (χ0) is 18.4. The van der Waals surface area contributed by atoms with Crippen molar-refractivity contribution in [1.82, 2.24) is 25.4 Å². The van der Waals surface area contributed by atoms with Crippen molar-refractivity contribution in [2.75, 3.05) is 20.6 Å².